The van der Waals surface area contributed by atoms with Crippen molar-refractivity contribution in [1.29, 1.82) is 0 Å². The lowest BCUT2D eigenvalue weighted by Crippen LogP contribution is -2.09. The summed E-state index contributed by atoms with van der Waals surface area (Å²) in [6, 6.07) is 16.7. The van der Waals surface area contributed by atoms with Gasteiger partial charge in [-0.25, -0.2) is 0 Å². The SMILES string of the molecule is NC(=O)c1ccccc1.O=[N+]([O-])c1ccccc1. The van der Waals surface area contributed by atoms with Gasteiger partial charge in [0.25, 0.3) is 5.69 Å². The van der Waals surface area contributed by atoms with E-state index in [1.807, 2.05) is 6.07 Å². The van der Waals surface area contributed by atoms with Gasteiger partial charge in [0.2, 0.25) is 5.91 Å². The normalized spacial score (nSPS) is 8.89. The van der Waals surface area contributed by atoms with Crippen molar-refractivity contribution in [1.82, 2.24) is 0 Å². The van der Waals surface area contributed by atoms with Crippen molar-refractivity contribution in [3.8, 4) is 0 Å². The molecule has 0 spiro atoms. The molecule has 0 saturated heterocycles. The number of non-ortho nitro benzene ring substituents is 1. The minimum atomic E-state index is -0.417. The van der Waals surface area contributed by atoms with E-state index in [-0.39, 0.29) is 11.6 Å². The van der Waals surface area contributed by atoms with Crippen LogP contribution in [0.25, 0.3) is 0 Å². The van der Waals surface area contributed by atoms with Gasteiger partial charge >= 0.3 is 0 Å². The van der Waals surface area contributed by atoms with Gasteiger partial charge in [0, 0.05) is 17.7 Å². The Bertz CT molecular complexity index is 463. The van der Waals surface area contributed by atoms with Crippen LogP contribution in [0.1, 0.15) is 10.4 Å². The zero-order chi connectivity index (χ0) is 13.4. The van der Waals surface area contributed by atoms with Gasteiger partial charge in [-0.15, -0.1) is 0 Å². The van der Waals surface area contributed by atoms with E-state index in [0.29, 0.717) is 5.56 Å². The molecule has 0 aliphatic heterocycles. The van der Waals surface area contributed by atoms with E-state index in [0.717, 1.165) is 0 Å². The Hall–Kier alpha value is -2.69. The second-order valence-corrected chi connectivity index (χ2v) is 3.32. The second kappa shape index (κ2) is 6.80. The number of nitro groups is 1. The first kappa shape index (κ1) is 13.4. The Morgan fingerprint density at radius 2 is 1.39 bits per heavy atom. The molecular weight excluding hydrogens is 232 g/mol. The Kier molecular flexibility index (Phi) is 5.05. The molecule has 0 aliphatic carbocycles. The summed E-state index contributed by atoms with van der Waals surface area (Å²) in [7, 11) is 0. The van der Waals surface area contributed by atoms with E-state index in [4.69, 9.17) is 5.73 Å². The summed E-state index contributed by atoms with van der Waals surface area (Å²) >= 11 is 0. The Morgan fingerprint density at radius 1 is 0.944 bits per heavy atom. The third-order valence-corrected chi connectivity index (χ3v) is 2.03. The predicted molar refractivity (Wildman–Crippen MR) is 68.1 cm³/mol. The number of rotatable bonds is 2. The topological polar surface area (TPSA) is 86.2 Å². The molecule has 0 fully saturated rings. The lowest BCUT2D eigenvalue weighted by molar-refractivity contribution is -0.384. The molecule has 2 aromatic carbocycles. The van der Waals surface area contributed by atoms with Crippen molar-refractivity contribution in [3.05, 3.63) is 76.3 Å². The molecule has 0 heterocycles. The van der Waals surface area contributed by atoms with E-state index in [1.165, 1.54) is 12.1 Å². The van der Waals surface area contributed by atoms with E-state index < -0.39 is 4.92 Å². The first-order valence-corrected chi connectivity index (χ1v) is 5.15. The van der Waals surface area contributed by atoms with Crippen LogP contribution in [0.4, 0.5) is 5.69 Å². The maximum Gasteiger partial charge on any atom is 0.269 e. The van der Waals surface area contributed by atoms with Crippen LogP contribution in [-0.2, 0) is 0 Å². The summed E-state index contributed by atoms with van der Waals surface area (Å²) < 4.78 is 0. The second-order valence-electron chi connectivity index (χ2n) is 3.32. The number of hydrogen-bond acceptors (Lipinski definition) is 3. The molecule has 2 rings (SSSR count). The fourth-order valence-electron chi connectivity index (χ4n) is 1.15. The van der Waals surface area contributed by atoms with Crippen LogP contribution in [0.2, 0.25) is 0 Å². The van der Waals surface area contributed by atoms with Crippen LogP contribution in [0, 0.1) is 10.1 Å². The smallest absolute Gasteiger partial charge is 0.269 e. The van der Waals surface area contributed by atoms with Gasteiger partial charge in [0.1, 0.15) is 0 Å². The summed E-state index contributed by atoms with van der Waals surface area (Å²) in [5, 5.41) is 10.0. The number of nitrogens with two attached hydrogens (primary N) is 1. The van der Waals surface area contributed by atoms with E-state index >= 15 is 0 Å². The van der Waals surface area contributed by atoms with Gasteiger partial charge in [-0.1, -0.05) is 36.4 Å². The van der Waals surface area contributed by atoms with E-state index in [1.54, 1.807) is 42.5 Å². The predicted octanol–water partition coefficient (Wildman–Crippen LogP) is 2.38. The van der Waals surface area contributed by atoms with Crippen molar-refractivity contribution < 1.29 is 9.72 Å². The number of hydrogen-bond donors (Lipinski definition) is 1. The van der Waals surface area contributed by atoms with Crippen LogP contribution < -0.4 is 5.73 Å². The molecule has 1 amide bonds. The highest BCUT2D eigenvalue weighted by Crippen LogP contribution is 2.06. The third kappa shape index (κ3) is 4.44. The van der Waals surface area contributed by atoms with Crippen molar-refractivity contribution in [2.45, 2.75) is 0 Å². The van der Waals surface area contributed by atoms with Crippen LogP contribution in [0.5, 0.6) is 0 Å². The van der Waals surface area contributed by atoms with Crippen molar-refractivity contribution in [2.24, 2.45) is 5.73 Å². The van der Waals surface area contributed by atoms with Crippen LogP contribution in [0.3, 0.4) is 0 Å². The number of amides is 1. The number of carbonyl (C=O) groups is 1. The number of carbonyl (C=O) groups excluding carboxylic acids is 1. The summed E-state index contributed by atoms with van der Waals surface area (Å²) in [5.74, 6) is -0.379. The Morgan fingerprint density at radius 3 is 1.67 bits per heavy atom. The van der Waals surface area contributed by atoms with Gasteiger partial charge in [0.05, 0.1) is 4.92 Å². The van der Waals surface area contributed by atoms with Crippen LogP contribution in [-0.4, -0.2) is 10.8 Å². The number of nitro benzene ring substituents is 1. The maximum absolute atomic E-state index is 10.4. The highest BCUT2D eigenvalue weighted by Gasteiger charge is 1.98. The minimum absolute atomic E-state index is 0.137. The zero-order valence-electron chi connectivity index (χ0n) is 9.52. The average Bonchev–Trinajstić information content (AvgIpc) is 2.41. The van der Waals surface area contributed by atoms with Gasteiger partial charge in [-0.2, -0.15) is 0 Å². The molecule has 18 heavy (non-hydrogen) atoms. The number of para-hydroxylation sites is 1. The molecule has 2 aromatic rings. The van der Waals surface area contributed by atoms with Crippen molar-refractivity contribution in [2.75, 3.05) is 0 Å². The number of primary amides is 1. The molecular formula is C13H12N2O3. The highest BCUT2D eigenvalue weighted by molar-refractivity contribution is 5.92. The molecule has 0 atom stereocenters. The quantitative estimate of drug-likeness (QED) is 0.650. The molecule has 0 aromatic heterocycles. The molecule has 5 nitrogen and oxygen atoms in total. The summed E-state index contributed by atoms with van der Waals surface area (Å²) in [4.78, 5) is 20.0. The molecule has 0 unspecified atom stereocenters. The molecule has 0 saturated carbocycles. The molecule has 2 N–H and O–H groups in total. The third-order valence-electron chi connectivity index (χ3n) is 2.03. The van der Waals surface area contributed by atoms with Gasteiger partial charge in [-0.05, 0) is 12.1 Å². The van der Waals surface area contributed by atoms with Crippen LogP contribution >= 0.6 is 0 Å². The Labute approximate surface area is 104 Å². The fraction of sp³-hybridized carbons (Fsp3) is 0. The van der Waals surface area contributed by atoms with E-state index in [2.05, 4.69) is 0 Å². The fourth-order valence-corrected chi connectivity index (χ4v) is 1.15. The average molecular weight is 244 g/mol. The monoisotopic (exact) mass is 244 g/mol. The van der Waals surface area contributed by atoms with Crippen molar-refractivity contribution in [3.63, 3.8) is 0 Å². The number of benzene rings is 2. The first-order chi connectivity index (χ1) is 8.61. The zero-order valence-corrected chi connectivity index (χ0v) is 9.52. The van der Waals surface area contributed by atoms with Gasteiger partial charge < -0.3 is 5.73 Å². The standard InChI is InChI=1S/C7H7NO.C6H5NO2/c2*8-7(9)6-4-2-1-3-5-6/h1-5H,(H2,8,9);1-5H. The Balaban J connectivity index is 0.000000180. The lowest BCUT2D eigenvalue weighted by Gasteiger charge is -1.89. The van der Waals surface area contributed by atoms with Gasteiger partial charge in [0.15, 0.2) is 0 Å². The lowest BCUT2D eigenvalue weighted by atomic mass is 10.2. The minimum Gasteiger partial charge on any atom is -0.366 e. The van der Waals surface area contributed by atoms with Crippen molar-refractivity contribution >= 4 is 11.6 Å². The van der Waals surface area contributed by atoms with Gasteiger partial charge in [-0.3, -0.25) is 14.9 Å². The first-order valence-electron chi connectivity index (χ1n) is 5.15. The van der Waals surface area contributed by atoms with Crippen LogP contribution in [0.15, 0.2) is 60.7 Å². The molecule has 0 radical (unpaired) electrons. The van der Waals surface area contributed by atoms with E-state index in [9.17, 15) is 14.9 Å². The molecule has 5 heteroatoms. The largest absolute Gasteiger partial charge is 0.366 e. The summed E-state index contributed by atoms with van der Waals surface area (Å²) in [5.41, 5.74) is 5.66. The highest BCUT2D eigenvalue weighted by atomic mass is 16.6. The summed E-state index contributed by atoms with van der Waals surface area (Å²) in [6.07, 6.45) is 0. The molecule has 0 bridgehead atoms. The molecule has 92 valence electrons. The number of nitrogens with zero attached hydrogens (tertiary/aromatic N) is 1. The maximum atomic E-state index is 10.4. The summed E-state index contributed by atoms with van der Waals surface area (Å²) in [6.45, 7) is 0. The molecule has 0 aliphatic rings.